The minimum Gasteiger partial charge on any atom is -0.348 e. The molecule has 2 aromatic carbocycles. The van der Waals surface area contributed by atoms with E-state index in [2.05, 4.69) is 54.2 Å². The maximum Gasteiger partial charge on any atom is 0.322 e. The fourth-order valence-corrected chi connectivity index (χ4v) is 4.11. The van der Waals surface area contributed by atoms with Crippen molar-refractivity contribution in [2.45, 2.75) is 33.4 Å². The van der Waals surface area contributed by atoms with Gasteiger partial charge in [-0.05, 0) is 61.7 Å². The molecule has 2 heterocycles. The molecule has 3 aromatic rings. The summed E-state index contributed by atoms with van der Waals surface area (Å²) in [5, 5.41) is 3.68. The Morgan fingerprint density at radius 1 is 1.04 bits per heavy atom. The van der Waals surface area contributed by atoms with Crippen molar-refractivity contribution in [2.75, 3.05) is 11.9 Å². The maximum atomic E-state index is 13.2. The standard InChI is InChI=1S/C23H24ClN3O/c1-15-6-9-19(17(3)13-15)22-21-5-4-10-26(21)11-12-27(22)23(28)25-18-8-7-16(2)20(24)14-18/h4-10,13-14,22H,11-12H2,1-3H3,(H,25,28). The maximum absolute atomic E-state index is 13.2. The second kappa shape index (κ2) is 7.36. The Morgan fingerprint density at radius 2 is 1.86 bits per heavy atom. The van der Waals surface area contributed by atoms with Crippen molar-refractivity contribution >= 4 is 23.3 Å². The Bertz CT molecular complexity index is 1040. The molecular weight excluding hydrogens is 370 g/mol. The van der Waals surface area contributed by atoms with Gasteiger partial charge in [-0.1, -0.05) is 41.4 Å². The van der Waals surface area contributed by atoms with Crippen LogP contribution in [0, 0.1) is 20.8 Å². The average molecular weight is 394 g/mol. The summed E-state index contributed by atoms with van der Waals surface area (Å²) in [7, 11) is 0. The van der Waals surface area contributed by atoms with E-state index in [1.54, 1.807) is 6.07 Å². The van der Waals surface area contributed by atoms with Crippen LogP contribution in [-0.2, 0) is 6.54 Å². The lowest BCUT2D eigenvalue weighted by atomic mass is 9.94. The quantitative estimate of drug-likeness (QED) is 0.595. The van der Waals surface area contributed by atoms with E-state index in [1.807, 2.05) is 30.0 Å². The van der Waals surface area contributed by atoms with Crippen LogP contribution in [0.2, 0.25) is 5.02 Å². The molecule has 1 aliphatic rings. The van der Waals surface area contributed by atoms with Gasteiger partial charge in [-0.3, -0.25) is 0 Å². The molecule has 1 atom stereocenters. The molecule has 4 nitrogen and oxygen atoms in total. The van der Waals surface area contributed by atoms with Gasteiger partial charge >= 0.3 is 6.03 Å². The van der Waals surface area contributed by atoms with Gasteiger partial charge in [0.25, 0.3) is 0 Å². The molecule has 1 N–H and O–H groups in total. The monoisotopic (exact) mass is 393 g/mol. The van der Waals surface area contributed by atoms with Gasteiger partial charge in [0.15, 0.2) is 0 Å². The molecule has 4 rings (SSSR count). The lowest BCUT2D eigenvalue weighted by Crippen LogP contribution is -2.44. The van der Waals surface area contributed by atoms with E-state index in [1.165, 1.54) is 11.1 Å². The predicted molar refractivity (Wildman–Crippen MR) is 114 cm³/mol. The Hall–Kier alpha value is -2.72. The number of halogens is 1. The van der Waals surface area contributed by atoms with Crippen LogP contribution in [0.3, 0.4) is 0 Å². The first kappa shape index (κ1) is 18.6. The number of benzene rings is 2. The average Bonchev–Trinajstić information content (AvgIpc) is 3.13. The first-order chi connectivity index (χ1) is 13.4. The van der Waals surface area contributed by atoms with Crippen LogP contribution < -0.4 is 5.32 Å². The fraction of sp³-hybridized carbons (Fsp3) is 0.261. The second-order valence-electron chi connectivity index (χ2n) is 7.48. The van der Waals surface area contributed by atoms with E-state index in [0.717, 1.165) is 23.4 Å². The highest BCUT2D eigenvalue weighted by molar-refractivity contribution is 6.31. The zero-order valence-corrected chi connectivity index (χ0v) is 17.1. The Morgan fingerprint density at radius 3 is 2.61 bits per heavy atom. The van der Waals surface area contributed by atoms with Crippen LogP contribution in [0.15, 0.2) is 54.7 Å². The molecule has 144 valence electrons. The first-order valence-electron chi connectivity index (χ1n) is 9.50. The van der Waals surface area contributed by atoms with Crippen LogP contribution in [0.1, 0.15) is 34.0 Å². The van der Waals surface area contributed by atoms with Gasteiger partial charge in [-0.25, -0.2) is 4.79 Å². The van der Waals surface area contributed by atoms with E-state index in [9.17, 15) is 4.79 Å². The molecule has 0 bridgehead atoms. The highest BCUT2D eigenvalue weighted by Crippen LogP contribution is 2.35. The summed E-state index contributed by atoms with van der Waals surface area (Å²) in [5.74, 6) is 0. The predicted octanol–water partition coefficient (Wildman–Crippen LogP) is 5.70. The van der Waals surface area contributed by atoms with Crippen LogP contribution >= 0.6 is 11.6 Å². The number of carbonyl (C=O) groups excluding carboxylic acids is 1. The van der Waals surface area contributed by atoms with Gasteiger partial charge in [0.05, 0.1) is 6.04 Å². The summed E-state index contributed by atoms with van der Waals surface area (Å²) < 4.78 is 2.23. The van der Waals surface area contributed by atoms with E-state index in [-0.39, 0.29) is 12.1 Å². The van der Waals surface area contributed by atoms with Gasteiger partial charge in [0, 0.05) is 35.7 Å². The lowest BCUT2D eigenvalue weighted by molar-refractivity contribution is 0.181. The molecule has 0 saturated carbocycles. The van der Waals surface area contributed by atoms with Crippen molar-refractivity contribution in [2.24, 2.45) is 0 Å². The summed E-state index contributed by atoms with van der Waals surface area (Å²) in [5.41, 5.74) is 6.40. The number of amides is 2. The van der Waals surface area contributed by atoms with Gasteiger partial charge in [0.1, 0.15) is 0 Å². The molecular formula is C23H24ClN3O. The summed E-state index contributed by atoms with van der Waals surface area (Å²) in [6.07, 6.45) is 2.08. The molecule has 0 fully saturated rings. The number of rotatable bonds is 2. The van der Waals surface area contributed by atoms with E-state index in [4.69, 9.17) is 11.6 Å². The van der Waals surface area contributed by atoms with Crippen molar-refractivity contribution in [3.63, 3.8) is 0 Å². The zero-order chi connectivity index (χ0) is 19.8. The number of nitrogens with one attached hydrogen (secondary N) is 1. The molecule has 1 aliphatic heterocycles. The zero-order valence-electron chi connectivity index (χ0n) is 16.4. The van der Waals surface area contributed by atoms with E-state index >= 15 is 0 Å². The number of anilines is 1. The lowest BCUT2D eigenvalue weighted by Gasteiger charge is -2.38. The van der Waals surface area contributed by atoms with Crippen molar-refractivity contribution in [3.05, 3.63) is 87.7 Å². The largest absolute Gasteiger partial charge is 0.348 e. The number of hydrogen-bond donors (Lipinski definition) is 1. The Labute approximate surface area is 170 Å². The molecule has 0 radical (unpaired) electrons. The van der Waals surface area contributed by atoms with Crippen LogP contribution in [0.25, 0.3) is 0 Å². The summed E-state index contributed by atoms with van der Waals surface area (Å²) in [6, 6.07) is 15.9. The number of nitrogens with zero attached hydrogens (tertiary/aromatic N) is 2. The molecule has 0 aliphatic carbocycles. The van der Waals surface area contributed by atoms with Gasteiger partial charge in [-0.15, -0.1) is 0 Å². The third-order valence-corrected chi connectivity index (χ3v) is 5.85. The number of urea groups is 1. The van der Waals surface area contributed by atoms with Crippen LogP contribution in [0.5, 0.6) is 0 Å². The van der Waals surface area contributed by atoms with E-state index in [0.29, 0.717) is 17.3 Å². The number of aryl methyl sites for hydroxylation is 3. The Balaban J connectivity index is 1.70. The second-order valence-corrected chi connectivity index (χ2v) is 7.88. The number of aromatic nitrogens is 1. The number of carbonyl (C=O) groups is 1. The summed E-state index contributed by atoms with van der Waals surface area (Å²) in [6.45, 7) is 7.58. The van der Waals surface area contributed by atoms with Crippen LogP contribution in [-0.4, -0.2) is 22.0 Å². The smallest absolute Gasteiger partial charge is 0.322 e. The van der Waals surface area contributed by atoms with Crippen molar-refractivity contribution in [1.82, 2.24) is 9.47 Å². The minimum atomic E-state index is -0.120. The first-order valence-corrected chi connectivity index (χ1v) is 9.88. The molecule has 28 heavy (non-hydrogen) atoms. The molecule has 0 saturated heterocycles. The van der Waals surface area contributed by atoms with Crippen LogP contribution in [0.4, 0.5) is 10.5 Å². The highest BCUT2D eigenvalue weighted by atomic mass is 35.5. The number of hydrogen-bond acceptors (Lipinski definition) is 1. The van der Waals surface area contributed by atoms with Gasteiger partial charge < -0.3 is 14.8 Å². The minimum absolute atomic E-state index is 0.114. The topological polar surface area (TPSA) is 37.3 Å². The number of fused-ring (bicyclic) bond motifs is 1. The summed E-state index contributed by atoms with van der Waals surface area (Å²) in [4.78, 5) is 15.1. The van der Waals surface area contributed by atoms with Gasteiger partial charge in [0.2, 0.25) is 0 Å². The van der Waals surface area contributed by atoms with Crippen molar-refractivity contribution < 1.29 is 4.79 Å². The summed E-state index contributed by atoms with van der Waals surface area (Å²) >= 11 is 6.23. The van der Waals surface area contributed by atoms with Crippen molar-refractivity contribution in [3.8, 4) is 0 Å². The molecule has 1 aromatic heterocycles. The SMILES string of the molecule is Cc1ccc(C2c3cccn3CCN2C(=O)Nc2ccc(C)c(Cl)c2)c(C)c1. The fourth-order valence-electron chi connectivity index (χ4n) is 3.93. The third kappa shape index (κ3) is 3.40. The molecule has 0 spiro atoms. The third-order valence-electron chi connectivity index (χ3n) is 5.44. The van der Waals surface area contributed by atoms with E-state index < -0.39 is 0 Å². The Kier molecular flexibility index (Phi) is 4.90. The highest BCUT2D eigenvalue weighted by Gasteiger charge is 2.33. The molecule has 1 unspecified atom stereocenters. The molecule has 5 heteroatoms. The van der Waals surface area contributed by atoms with Gasteiger partial charge in [-0.2, -0.15) is 0 Å². The molecule has 2 amide bonds. The van der Waals surface area contributed by atoms with Crippen molar-refractivity contribution in [1.29, 1.82) is 0 Å². The normalized spacial score (nSPS) is 16.0.